The van der Waals surface area contributed by atoms with Gasteiger partial charge in [0.05, 0.1) is 0 Å². The Kier molecular flexibility index (Phi) is 4.00. The van der Waals surface area contributed by atoms with E-state index in [1.165, 1.54) is 14.0 Å². The quantitative estimate of drug-likeness (QED) is 0.761. The number of ether oxygens (including phenoxy) is 1. The summed E-state index contributed by atoms with van der Waals surface area (Å²) in [4.78, 5) is 22.1. The molecule has 1 aromatic rings. The highest BCUT2D eigenvalue weighted by atomic mass is 16.5. The minimum Gasteiger partial charge on any atom is -0.377 e. The van der Waals surface area contributed by atoms with Crippen molar-refractivity contribution in [3.8, 4) is 0 Å². The monoisotopic (exact) mass is 207 g/mol. The number of nitrogens with one attached hydrogen (secondary N) is 1. The number of benzene rings is 1. The van der Waals surface area contributed by atoms with Gasteiger partial charge in [0.25, 0.3) is 0 Å². The maximum absolute atomic E-state index is 11.4. The van der Waals surface area contributed by atoms with Crippen LogP contribution in [0.1, 0.15) is 17.3 Å². The van der Waals surface area contributed by atoms with E-state index in [1.54, 1.807) is 24.3 Å². The molecule has 4 heteroatoms. The average molecular weight is 207 g/mol. The third kappa shape index (κ3) is 3.52. The zero-order valence-corrected chi connectivity index (χ0v) is 8.74. The van der Waals surface area contributed by atoms with Crippen LogP contribution in [0.2, 0.25) is 0 Å². The van der Waals surface area contributed by atoms with E-state index in [4.69, 9.17) is 4.74 Å². The van der Waals surface area contributed by atoms with Gasteiger partial charge in [-0.25, -0.2) is 0 Å². The van der Waals surface area contributed by atoms with E-state index in [2.05, 4.69) is 5.32 Å². The first-order chi connectivity index (χ1) is 7.13. The molecular weight excluding hydrogens is 194 g/mol. The van der Waals surface area contributed by atoms with Crippen molar-refractivity contribution in [2.45, 2.75) is 6.92 Å². The van der Waals surface area contributed by atoms with E-state index >= 15 is 0 Å². The van der Waals surface area contributed by atoms with Crippen molar-refractivity contribution < 1.29 is 14.3 Å². The number of Topliss-reactive ketones (excluding diaryl/α,β-unsaturated/α-hetero) is 1. The Morgan fingerprint density at radius 1 is 1.27 bits per heavy atom. The van der Waals surface area contributed by atoms with Crippen LogP contribution in [0, 0.1) is 0 Å². The number of rotatable bonds is 4. The number of ketones is 1. The molecule has 0 heterocycles. The second kappa shape index (κ2) is 5.26. The van der Waals surface area contributed by atoms with Crippen molar-refractivity contribution >= 4 is 17.4 Å². The maximum atomic E-state index is 11.4. The lowest BCUT2D eigenvalue weighted by Crippen LogP contribution is -2.08. The number of carbonyl (C=O) groups is 2. The minimum absolute atomic E-state index is 0.0689. The molecule has 80 valence electrons. The van der Waals surface area contributed by atoms with Gasteiger partial charge in [-0.15, -0.1) is 0 Å². The van der Waals surface area contributed by atoms with Gasteiger partial charge in [-0.2, -0.15) is 0 Å². The Labute approximate surface area is 88.2 Å². The molecule has 1 amide bonds. The molecule has 0 bridgehead atoms. The molecule has 0 unspecified atom stereocenters. The lowest BCUT2D eigenvalue weighted by Gasteiger charge is -2.03. The molecule has 0 spiro atoms. The van der Waals surface area contributed by atoms with E-state index in [0.29, 0.717) is 11.3 Å². The van der Waals surface area contributed by atoms with Gasteiger partial charge < -0.3 is 10.1 Å². The SMILES string of the molecule is COCC(=O)c1ccc(NC(C)=O)cc1. The fraction of sp³-hybridized carbons (Fsp3) is 0.273. The predicted octanol–water partition coefficient (Wildman–Crippen LogP) is 1.47. The third-order valence-electron chi connectivity index (χ3n) is 1.80. The number of hydrogen-bond acceptors (Lipinski definition) is 3. The van der Waals surface area contributed by atoms with E-state index in [9.17, 15) is 9.59 Å². The number of anilines is 1. The Bertz CT molecular complexity index is 357. The normalized spacial score (nSPS) is 9.73. The Balaban J connectivity index is 2.71. The van der Waals surface area contributed by atoms with Gasteiger partial charge in [0.1, 0.15) is 6.61 Å². The molecule has 0 saturated heterocycles. The molecule has 0 aromatic heterocycles. The van der Waals surface area contributed by atoms with Crippen LogP contribution < -0.4 is 5.32 Å². The van der Waals surface area contributed by atoms with Gasteiger partial charge in [0.2, 0.25) is 5.91 Å². The molecule has 0 radical (unpaired) electrons. The van der Waals surface area contributed by atoms with Crippen LogP contribution in [0.5, 0.6) is 0 Å². The van der Waals surface area contributed by atoms with Gasteiger partial charge in [-0.1, -0.05) is 0 Å². The highest BCUT2D eigenvalue weighted by Gasteiger charge is 2.04. The summed E-state index contributed by atoms with van der Waals surface area (Å²) in [6, 6.07) is 6.69. The van der Waals surface area contributed by atoms with Crippen LogP contribution >= 0.6 is 0 Å². The van der Waals surface area contributed by atoms with Crippen LogP contribution in [0.4, 0.5) is 5.69 Å². The van der Waals surface area contributed by atoms with E-state index in [1.807, 2.05) is 0 Å². The van der Waals surface area contributed by atoms with Gasteiger partial charge >= 0.3 is 0 Å². The summed E-state index contributed by atoms with van der Waals surface area (Å²) in [7, 11) is 1.48. The molecule has 0 aliphatic heterocycles. The smallest absolute Gasteiger partial charge is 0.221 e. The number of hydrogen-bond donors (Lipinski definition) is 1. The second-order valence-electron chi connectivity index (χ2n) is 3.11. The molecule has 1 N–H and O–H groups in total. The summed E-state index contributed by atoms with van der Waals surface area (Å²) in [5.74, 6) is -0.210. The van der Waals surface area contributed by atoms with Crippen LogP contribution in [-0.2, 0) is 9.53 Å². The van der Waals surface area contributed by atoms with Gasteiger partial charge in [0, 0.05) is 25.3 Å². The van der Waals surface area contributed by atoms with Gasteiger partial charge in [0.15, 0.2) is 5.78 Å². The Morgan fingerprint density at radius 3 is 2.33 bits per heavy atom. The molecule has 1 aromatic carbocycles. The van der Waals surface area contributed by atoms with Crippen LogP contribution in [0.3, 0.4) is 0 Å². The predicted molar refractivity (Wildman–Crippen MR) is 57.0 cm³/mol. The summed E-state index contributed by atoms with van der Waals surface area (Å²) in [5, 5.41) is 2.62. The zero-order chi connectivity index (χ0) is 11.3. The lowest BCUT2D eigenvalue weighted by atomic mass is 10.1. The highest BCUT2D eigenvalue weighted by molar-refractivity contribution is 5.97. The second-order valence-corrected chi connectivity index (χ2v) is 3.11. The molecule has 0 aliphatic rings. The van der Waals surface area contributed by atoms with Gasteiger partial charge in [-0.05, 0) is 24.3 Å². The molecule has 15 heavy (non-hydrogen) atoms. The fourth-order valence-electron chi connectivity index (χ4n) is 1.16. The molecule has 1 rings (SSSR count). The number of methoxy groups -OCH3 is 1. The molecule has 4 nitrogen and oxygen atoms in total. The van der Waals surface area contributed by atoms with Gasteiger partial charge in [-0.3, -0.25) is 9.59 Å². The minimum atomic E-state index is -0.133. The van der Waals surface area contributed by atoms with Crippen LogP contribution in [0.15, 0.2) is 24.3 Å². The molecular formula is C11H13NO3. The number of amides is 1. The van der Waals surface area contributed by atoms with Crippen LogP contribution in [-0.4, -0.2) is 25.4 Å². The Morgan fingerprint density at radius 2 is 1.87 bits per heavy atom. The first-order valence-corrected chi connectivity index (χ1v) is 4.53. The summed E-state index contributed by atoms with van der Waals surface area (Å²) < 4.78 is 4.73. The summed E-state index contributed by atoms with van der Waals surface area (Å²) in [5.41, 5.74) is 1.25. The first-order valence-electron chi connectivity index (χ1n) is 4.53. The molecule has 0 aliphatic carbocycles. The van der Waals surface area contributed by atoms with Crippen molar-refractivity contribution in [1.29, 1.82) is 0 Å². The largest absolute Gasteiger partial charge is 0.377 e. The average Bonchev–Trinajstić information content (AvgIpc) is 2.18. The maximum Gasteiger partial charge on any atom is 0.221 e. The standard InChI is InChI=1S/C11H13NO3/c1-8(13)12-10-5-3-9(4-6-10)11(14)7-15-2/h3-6H,7H2,1-2H3,(H,12,13). The van der Waals surface area contributed by atoms with Crippen molar-refractivity contribution in [2.75, 3.05) is 19.0 Å². The van der Waals surface area contributed by atoms with Crippen molar-refractivity contribution in [3.05, 3.63) is 29.8 Å². The van der Waals surface area contributed by atoms with Crippen LogP contribution in [0.25, 0.3) is 0 Å². The van der Waals surface area contributed by atoms with Crippen molar-refractivity contribution in [1.82, 2.24) is 0 Å². The summed E-state index contributed by atoms with van der Waals surface area (Å²) in [6.07, 6.45) is 0. The van der Waals surface area contributed by atoms with E-state index in [0.717, 1.165) is 0 Å². The van der Waals surface area contributed by atoms with Crippen molar-refractivity contribution in [2.24, 2.45) is 0 Å². The molecule has 0 saturated carbocycles. The van der Waals surface area contributed by atoms with E-state index in [-0.39, 0.29) is 18.3 Å². The van der Waals surface area contributed by atoms with Crippen molar-refractivity contribution in [3.63, 3.8) is 0 Å². The number of carbonyl (C=O) groups excluding carboxylic acids is 2. The topological polar surface area (TPSA) is 55.4 Å². The zero-order valence-electron chi connectivity index (χ0n) is 8.74. The fourth-order valence-corrected chi connectivity index (χ4v) is 1.16. The summed E-state index contributed by atoms with van der Waals surface area (Å²) >= 11 is 0. The van der Waals surface area contributed by atoms with E-state index < -0.39 is 0 Å². The Hall–Kier alpha value is -1.68. The summed E-state index contributed by atoms with van der Waals surface area (Å²) in [6.45, 7) is 1.50. The third-order valence-corrected chi connectivity index (χ3v) is 1.80. The first kappa shape index (κ1) is 11.4. The lowest BCUT2D eigenvalue weighted by molar-refractivity contribution is -0.114. The highest BCUT2D eigenvalue weighted by Crippen LogP contribution is 2.09. The molecule has 0 atom stereocenters. The molecule has 0 fully saturated rings.